The van der Waals surface area contributed by atoms with Crippen LogP contribution in [-0.2, 0) is 4.79 Å². The van der Waals surface area contributed by atoms with Crippen molar-refractivity contribution in [3.63, 3.8) is 0 Å². The average Bonchev–Trinajstić information content (AvgIpc) is 2.50. The van der Waals surface area contributed by atoms with Crippen LogP contribution in [0.4, 0.5) is 4.79 Å². The molecule has 0 aromatic rings. The summed E-state index contributed by atoms with van der Waals surface area (Å²) in [6.45, 7) is 2.26. The van der Waals surface area contributed by atoms with Gasteiger partial charge in [-0.3, -0.25) is 4.79 Å². The van der Waals surface area contributed by atoms with E-state index in [0.717, 1.165) is 12.8 Å². The van der Waals surface area contributed by atoms with Crippen LogP contribution >= 0.6 is 0 Å². The van der Waals surface area contributed by atoms with E-state index in [1.165, 1.54) is 70.6 Å². The fourth-order valence-electron chi connectivity index (χ4n) is 2.35. The zero-order valence-electron chi connectivity index (χ0n) is 15.8. The largest absolute Gasteiger partial charge is 2.00 e. The summed E-state index contributed by atoms with van der Waals surface area (Å²) in [5.41, 5.74) is 0. The number of hydrogen-bond acceptors (Lipinski definition) is 4. The van der Waals surface area contributed by atoms with Crippen molar-refractivity contribution in [3.8, 4) is 0 Å². The molecule has 0 aliphatic rings. The molecule has 0 spiro atoms. The molecule has 0 saturated heterocycles. The normalized spacial score (nSPS) is 9.96. The van der Waals surface area contributed by atoms with Gasteiger partial charge in [-0.15, -0.1) is 0 Å². The fourth-order valence-corrected chi connectivity index (χ4v) is 2.35. The summed E-state index contributed by atoms with van der Waals surface area (Å²) in [6.07, 6.45) is 18.9. The van der Waals surface area contributed by atoms with E-state index in [1.807, 2.05) is 0 Å². The number of hydrogen-bond donors (Lipinski definition) is 1. The van der Waals surface area contributed by atoms with E-state index in [2.05, 4.69) is 19.1 Å². The van der Waals surface area contributed by atoms with E-state index in [0.29, 0.717) is 6.42 Å². The molecule has 5 nitrogen and oxygen atoms in total. The van der Waals surface area contributed by atoms with Gasteiger partial charge in [-0.2, -0.15) is 0 Å². The van der Waals surface area contributed by atoms with Crippen LogP contribution in [-0.4, -0.2) is 62.7 Å². The first-order chi connectivity index (χ1) is 11.5. The monoisotopic (exact) mass is 430 g/mol. The minimum atomic E-state index is -2.33. The molecule has 0 unspecified atom stereocenters. The van der Waals surface area contributed by atoms with Crippen molar-refractivity contribution < 1.29 is 24.9 Å². The van der Waals surface area contributed by atoms with Crippen molar-refractivity contribution >= 4 is 57.6 Å². The minimum Gasteiger partial charge on any atom is -0.652 e. The summed E-state index contributed by atoms with van der Waals surface area (Å²) in [6, 6.07) is 0. The molecule has 0 aliphatic heterocycles. The van der Waals surface area contributed by atoms with E-state index in [1.54, 1.807) is 0 Å². The summed E-state index contributed by atoms with van der Waals surface area (Å²) < 4.78 is 0. The second kappa shape index (κ2) is 26.2. The first-order valence-corrected chi connectivity index (χ1v) is 9.25. The standard InChI is InChI=1S/C18H34O2.CH2O3.Sr/c1-2-3-4-5-6-7-8-9-10-11-12-13-14-15-16-17-18(19)20;2-1(3)4;/h9-10H,2-8,11-17H2,1H3,(H,19,20);(H2,2,3,4);/q;;+2/p-2. The SMILES string of the molecule is CCCCCCCCC=CCCCCCCCC(=O)O.O=C([O-])[O-].[Sr+2]. The third-order valence-corrected chi connectivity index (χ3v) is 3.65. The summed E-state index contributed by atoms with van der Waals surface area (Å²) in [7, 11) is 0. The smallest absolute Gasteiger partial charge is 0.652 e. The molecule has 6 heteroatoms. The molecule has 0 aromatic carbocycles. The molecule has 0 rings (SSSR count). The number of carboxylic acid groups (broad SMARTS) is 3. The van der Waals surface area contributed by atoms with E-state index < -0.39 is 12.1 Å². The Bertz CT molecular complexity index is 315. The van der Waals surface area contributed by atoms with Crippen molar-refractivity contribution in [2.45, 2.75) is 96.8 Å². The van der Waals surface area contributed by atoms with Gasteiger partial charge < -0.3 is 20.1 Å². The minimum absolute atomic E-state index is 0. The van der Waals surface area contributed by atoms with Crippen molar-refractivity contribution in [3.05, 3.63) is 12.2 Å². The Morgan fingerprint density at radius 1 is 0.760 bits per heavy atom. The van der Waals surface area contributed by atoms with Gasteiger partial charge in [0.2, 0.25) is 0 Å². The number of carboxylic acids is 1. The van der Waals surface area contributed by atoms with Crippen molar-refractivity contribution in [1.29, 1.82) is 0 Å². The van der Waals surface area contributed by atoms with Crippen LogP contribution in [0.15, 0.2) is 12.2 Å². The van der Waals surface area contributed by atoms with E-state index >= 15 is 0 Å². The molecular weight excluding hydrogens is 396 g/mol. The number of rotatable bonds is 15. The number of carbonyl (C=O) groups excluding carboxylic acids is 1. The molecule has 0 aromatic heterocycles. The quantitative estimate of drug-likeness (QED) is 0.244. The van der Waals surface area contributed by atoms with Gasteiger partial charge in [0.25, 0.3) is 0 Å². The second-order valence-electron chi connectivity index (χ2n) is 5.98. The van der Waals surface area contributed by atoms with Crippen LogP contribution in [0, 0.1) is 0 Å². The van der Waals surface area contributed by atoms with E-state index in [-0.39, 0.29) is 45.5 Å². The Kier molecular flexibility index (Phi) is 31.1. The van der Waals surface area contributed by atoms with Gasteiger partial charge in [0, 0.05) is 6.42 Å². The summed E-state index contributed by atoms with van der Waals surface area (Å²) >= 11 is 0. The van der Waals surface area contributed by atoms with Gasteiger partial charge in [-0.1, -0.05) is 70.4 Å². The van der Waals surface area contributed by atoms with Gasteiger partial charge in [0.05, 0.1) is 0 Å². The third kappa shape index (κ3) is 40.2. The summed E-state index contributed by atoms with van der Waals surface area (Å²) in [5, 5.41) is 25.2. The fraction of sp³-hybridized carbons (Fsp3) is 0.789. The Hall–Kier alpha value is -0.0395. The molecule has 0 fully saturated rings. The van der Waals surface area contributed by atoms with Crippen LogP contribution in [0.5, 0.6) is 0 Å². The van der Waals surface area contributed by atoms with Gasteiger partial charge in [-0.05, 0) is 38.3 Å². The molecule has 142 valence electrons. The zero-order chi connectivity index (χ0) is 18.5. The van der Waals surface area contributed by atoms with Crippen molar-refractivity contribution in [1.82, 2.24) is 0 Å². The Morgan fingerprint density at radius 2 is 1.12 bits per heavy atom. The predicted octanol–water partition coefficient (Wildman–Crippen LogP) is 3.28. The molecule has 25 heavy (non-hydrogen) atoms. The second-order valence-corrected chi connectivity index (χ2v) is 5.98. The van der Waals surface area contributed by atoms with Crippen LogP contribution in [0.25, 0.3) is 0 Å². The molecule has 0 amide bonds. The van der Waals surface area contributed by atoms with Gasteiger partial charge in [0.1, 0.15) is 0 Å². The molecule has 0 radical (unpaired) electrons. The van der Waals surface area contributed by atoms with Gasteiger partial charge in [0.15, 0.2) is 0 Å². The van der Waals surface area contributed by atoms with Crippen LogP contribution in [0.3, 0.4) is 0 Å². The molecular formula is C19H34O5Sr. The predicted molar refractivity (Wildman–Crippen MR) is 98.2 cm³/mol. The molecule has 0 saturated carbocycles. The molecule has 0 atom stereocenters. The number of aliphatic carboxylic acids is 1. The zero-order valence-corrected chi connectivity index (χ0v) is 19.3. The Labute approximate surface area is 190 Å². The van der Waals surface area contributed by atoms with Gasteiger partial charge in [-0.25, -0.2) is 0 Å². The maximum absolute atomic E-state index is 10.3. The van der Waals surface area contributed by atoms with Crippen LogP contribution in [0.1, 0.15) is 96.8 Å². The Balaban J connectivity index is -0.000000867. The molecule has 1 N–H and O–H groups in total. The molecule has 0 bridgehead atoms. The first-order valence-electron chi connectivity index (χ1n) is 9.25. The molecule has 0 aliphatic carbocycles. The molecule has 0 heterocycles. The topological polar surface area (TPSA) is 100 Å². The van der Waals surface area contributed by atoms with Crippen molar-refractivity contribution in [2.75, 3.05) is 0 Å². The number of allylic oxidation sites excluding steroid dienone is 2. The number of unbranched alkanes of at least 4 members (excludes halogenated alkanes) is 11. The van der Waals surface area contributed by atoms with Gasteiger partial charge >= 0.3 is 51.5 Å². The van der Waals surface area contributed by atoms with E-state index in [9.17, 15) is 4.79 Å². The van der Waals surface area contributed by atoms with Crippen molar-refractivity contribution in [2.24, 2.45) is 0 Å². The summed E-state index contributed by atoms with van der Waals surface area (Å²) in [4.78, 5) is 18.7. The van der Waals surface area contributed by atoms with Crippen LogP contribution < -0.4 is 10.2 Å². The average molecular weight is 430 g/mol. The maximum Gasteiger partial charge on any atom is 2.00 e. The maximum atomic E-state index is 10.3. The number of carbonyl (C=O) groups is 2. The first kappa shape index (κ1) is 29.7. The Morgan fingerprint density at radius 3 is 1.52 bits per heavy atom. The summed E-state index contributed by atoms with van der Waals surface area (Å²) in [5.74, 6) is -0.664. The third-order valence-electron chi connectivity index (χ3n) is 3.65. The van der Waals surface area contributed by atoms with Crippen LogP contribution in [0.2, 0.25) is 0 Å². The van der Waals surface area contributed by atoms with E-state index in [4.69, 9.17) is 20.1 Å².